The number of hydrogen-bond donors (Lipinski definition) is 1. The molecule has 116 valence electrons. The summed E-state index contributed by atoms with van der Waals surface area (Å²) >= 11 is 6.16. The fourth-order valence-corrected chi connectivity index (χ4v) is 1.99. The molecule has 0 radical (unpaired) electrons. The molecule has 0 aliphatic carbocycles. The van der Waals surface area contributed by atoms with Crippen LogP contribution in [0.15, 0.2) is 30.6 Å². The van der Waals surface area contributed by atoms with Crippen molar-refractivity contribution in [3.63, 3.8) is 0 Å². The van der Waals surface area contributed by atoms with Gasteiger partial charge in [0.1, 0.15) is 5.75 Å². The van der Waals surface area contributed by atoms with Gasteiger partial charge in [0.25, 0.3) is 0 Å². The fourth-order valence-electron chi connectivity index (χ4n) is 1.82. The first kappa shape index (κ1) is 17.8. The number of halogens is 2. The van der Waals surface area contributed by atoms with Crippen molar-refractivity contribution >= 4 is 24.0 Å². The van der Waals surface area contributed by atoms with Crippen molar-refractivity contribution in [2.75, 3.05) is 13.2 Å². The Labute approximate surface area is 136 Å². The van der Waals surface area contributed by atoms with E-state index in [1.165, 1.54) is 0 Å². The summed E-state index contributed by atoms with van der Waals surface area (Å²) in [5, 5.41) is 4.90. The first-order valence-electron chi connectivity index (χ1n) is 6.75. The molecule has 0 aliphatic rings. The van der Waals surface area contributed by atoms with Crippen LogP contribution in [0.2, 0.25) is 5.02 Å². The van der Waals surface area contributed by atoms with Crippen LogP contribution in [0.3, 0.4) is 0 Å². The predicted molar refractivity (Wildman–Crippen MR) is 89.3 cm³/mol. The Morgan fingerprint density at radius 3 is 2.76 bits per heavy atom. The Morgan fingerprint density at radius 1 is 1.33 bits per heavy atom. The average molecular weight is 330 g/mol. The molecule has 2 rings (SSSR count). The summed E-state index contributed by atoms with van der Waals surface area (Å²) in [4.78, 5) is 0. The lowest BCUT2D eigenvalue weighted by atomic mass is 10.1. The summed E-state index contributed by atoms with van der Waals surface area (Å²) in [5.41, 5.74) is 7.59. The second-order valence-electron chi connectivity index (χ2n) is 5.13. The number of nitrogens with zero attached hydrogens (tertiary/aromatic N) is 2. The van der Waals surface area contributed by atoms with Crippen LogP contribution < -0.4 is 10.5 Å². The molecule has 0 amide bonds. The number of ether oxygens (including phenoxy) is 1. The zero-order valence-electron chi connectivity index (χ0n) is 12.3. The molecule has 1 aromatic heterocycles. The Bertz CT molecular complexity index is 570. The van der Waals surface area contributed by atoms with Crippen molar-refractivity contribution in [3.8, 4) is 16.9 Å². The molecule has 1 aromatic carbocycles. The average Bonchev–Trinajstić information content (AvgIpc) is 2.87. The topological polar surface area (TPSA) is 53.1 Å². The van der Waals surface area contributed by atoms with Crippen molar-refractivity contribution in [2.45, 2.75) is 20.4 Å². The van der Waals surface area contributed by atoms with E-state index < -0.39 is 0 Å². The van der Waals surface area contributed by atoms with Crippen molar-refractivity contribution < 1.29 is 4.74 Å². The maximum atomic E-state index is 6.16. The van der Waals surface area contributed by atoms with Crippen molar-refractivity contribution in [1.82, 2.24) is 9.78 Å². The summed E-state index contributed by atoms with van der Waals surface area (Å²) in [5.74, 6) is 1.17. The van der Waals surface area contributed by atoms with E-state index in [0.717, 1.165) is 11.1 Å². The molecule has 0 spiro atoms. The minimum atomic E-state index is 0. The van der Waals surface area contributed by atoms with Crippen LogP contribution in [0.1, 0.15) is 13.8 Å². The molecule has 0 bridgehead atoms. The Balaban J connectivity index is 0.00000220. The first-order chi connectivity index (χ1) is 9.60. The summed E-state index contributed by atoms with van der Waals surface area (Å²) in [6.07, 6.45) is 3.80. The van der Waals surface area contributed by atoms with Crippen LogP contribution in [0.5, 0.6) is 5.75 Å². The molecule has 2 N–H and O–H groups in total. The molecule has 0 saturated carbocycles. The quantitative estimate of drug-likeness (QED) is 0.880. The van der Waals surface area contributed by atoms with Gasteiger partial charge in [-0.3, -0.25) is 4.68 Å². The molecule has 0 aliphatic heterocycles. The van der Waals surface area contributed by atoms with Crippen molar-refractivity contribution in [2.24, 2.45) is 11.7 Å². The zero-order chi connectivity index (χ0) is 14.5. The van der Waals surface area contributed by atoms with Gasteiger partial charge in [-0.2, -0.15) is 5.10 Å². The van der Waals surface area contributed by atoms with Crippen LogP contribution in [-0.4, -0.2) is 22.9 Å². The highest BCUT2D eigenvalue weighted by molar-refractivity contribution is 6.32. The van der Waals surface area contributed by atoms with E-state index in [9.17, 15) is 0 Å². The zero-order valence-corrected chi connectivity index (χ0v) is 13.8. The predicted octanol–water partition coefficient (Wildman–Crippen LogP) is 3.62. The first-order valence-corrected chi connectivity index (χ1v) is 7.13. The van der Waals surface area contributed by atoms with E-state index in [2.05, 4.69) is 18.9 Å². The second kappa shape index (κ2) is 8.27. The molecule has 4 nitrogen and oxygen atoms in total. The van der Waals surface area contributed by atoms with E-state index in [0.29, 0.717) is 36.4 Å². The van der Waals surface area contributed by atoms with Crippen molar-refractivity contribution in [1.29, 1.82) is 0 Å². The SMILES string of the molecule is CC(C)COc1cc(-c2cnn(CCN)c2)ccc1Cl.Cl. The van der Waals surface area contributed by atoms with Gasteiger partial charge in [0.05, 0.1) is 24.4 Å². The van der Waals surface area contributed by atoms with E-state index in [-0.39, 0.29) is 12.4 Å². The lowest BCUT2D eigenvalue weighted by Crippen LogP contribution is -2.09. The van der Waals surface area contributed by atoms with Gasteiger partial charge in [0.15, 0.2) is 0 Å². The Morgan fingerprint density at radius 2 is 2.10 bits per heavy atom. The van der Waals surface area contributed by atoms with E-state index >= 15 is 0 Å². The summed E-state index contributed by atoms with van der Waals surface area (Å²) < 4.78 is 7.57. The van der Waals surface area contributed by atoms with Gasteiger partial charge in [0, 0.05) is 18.3 Å². The summed E-state index contributed by atoms with van der Waals surface area (Å²) in [6.45, 7) is 6.15. The highest BCUT2D eigenvalue weighted by Gasteiger charge is 2.08. The molecular formula is C15H21Cl2N3O. The highest BCUT2D eigenvalue weighted by Crippen LogP contribution is 2.30. The molecule has 1 heterocycles. The van der Waals surface area contributed by atoms with Crippen LogP contribution in [0.25, 0.3) is 11.1 Å². The molecule has 2 aromatic rings. The normalized spacial score (nSPS) is 10.5. The molecule has 6 heteroatoms. The Hall–Kier alpha value is -1.23. The van der Waals surface area contributed by atoms with E-state index in [1.807, 2.05) is 35.3 Å². The highest BCUT2D eigenvalue weighted by atomic mass is 35.5. The van der Waals surface area contributed by atoms with Gasteiger partial charge in [-0.05, 0) is 23.6 Å². The van der Waals surface area contributed by atoms with Crippen LogP contribution in [0, 0.1) is 5.92 Å². The second-order valence-corrected chi connectivity index (χ2v) is 5.54. The van der Waals surface area contributed by atoms with Crippen LogP contribution in [0.4, 0.5) is 0 Å². The third kappa shape index (κ3) is 4.92. The van der Waals surface area contributed by atoms with Gasteiger partial charge in [-0.1, -0.05) is 31.5 Å². The molecule has 0 unspecified atom stereocenters. The molecule has 0 fully saturated rings. The molecule has 0 atom stereocenters. The number of nitrogens with two attached hydrogens (primary N) is 1. The summed E-state index contributed by atoms with van der Waals surface area (Å²) in [7, 11) is 0. The van der Waals surface area contributed by atoms with E-state index in [1.54, 1.807) is 0 Å². The van der Waals surface area contributed by atoms with Gasteiger partial charge in [-0.15, -0.1) is 12.4 Å². The number of aromatic nitrogens is 2. The maximum Gasteiger partial charge on any atom is 0.138 e. The number of rotatable bonds is 6. The van der Waals surface area contributed by atoms with Crippen molar-refractivity contribution in [3.05, 3.63) is 35.6 Å². The van der Waals surface area contributed by atoms with Gasteiger partial charge in [-0.25, -0.2) is 0 Å². The minimum Gasteiger partial charge on any atom is -0.492 e. The van der Waals surface area contributed by atoms with Crippen LogP contribution in [-0.2, 0) is 6.54 Å². The van der Waals surface area contributed by atoms with Gasteiger partial charge < -0.3 is 10.5 Å². The lowest BCUT2D eigenvalue weighted by Gasteiger charge is -2.11. The van der Waals surface area contributed by atoms with Crippen LogP contribution >= 0.6 is 24.0 Å². The third-order valence-electron chi connectivity index (χ3n) is 2.83. The van der Waals surface area contributed by atoms with Gasteiger partial charge in [0.2, 0.25) is 0 Å². The standard InChI is InChI=1S/C15H20ClN3O.ClH/c1-11(2)10-20-15-7-12(3-4-14(15)16)13-8-18-19(9-13)6-5-17;/h3-4,7-9,11H,5-6,10,17H2,1-2H3;1H. The van der Waals surface area contributed by atoms with E-state index in [4.69, 9.17) is 22.1 Å². The number of hydrogen-bond acceptors (Lipinski definition) is 3. The lowest BCUT2D eigenvalue weighted by molar-refractivity contribution is 0.271. The van der Waals surface area contributed by atoms with Gasteiger partial charge >= 0.3 is 0 Å². The number of benzene rings is 1. The molecule has 0 saturated heterocycles. The maximum absolute atomic E-state index is 6.16. The third-order valence-corrected chi connectivity index (χ3v) is 3.14. The summed E-state index contributed by atoms with van der Waals surface area (Å²) in [6, 6.07) is 5.77. The smallest absolute Gasteiger partial charge is 0.138 e. The molecule has 21 heavy (non-hydrogen) atoms. The Kier molecular flexibility index (Phi) is 7.02. The fraction of sp³-hybridized carbons (Fsp3) is 0.400. The largest absolute Gasteiger partial charge is 0.492 e. The molecular weight excluding hydrogens is 309 g/mol. The minimum absolute atomic E-state index is 0. The monoisotopic (exact) mass is 329 g/mol.